The molecule has 29 heavy (non-hydrogen) atoms. The van der Waals surface area contributed by atoms with Gasteiger partial charge in [0, 0.05) is 5.25 Å². The van der Waals surface area contributed by atoms with E-state index in [1.165, 1.54) is 28.8 Å². The molecule has 2 aromatic carbocycles. The first-order valence-corrected chi connectivity index (χ1v) is 10.4. The van der Waals surface area contributed by atoms with Crippen LogP contribution in [0.5, 0.6) is 5.75 Å². The van der Waals surface area contributed by atoms with Crippen molar-refractivity contribution in [3.63, 3.8) is 0 Å². The molecule has 0 radical (unpaired) electrons. The van der Waals surface area contributed by atoms with Gasteiger partial charge < -0.3 is 4.74 Å². The Balaban J connectivity index is 1.93. The molecule has 0 spiro atoms. The number of imide groups is 1. The van der Waals surface area contributed by atoms with Crippen LogP contribution in [0.1, 0.15) is 38.8 Å². The van der Waals surface area contributed by atoms with Crippen molar-refractivity contribution < 1.29 is 18.7 Å². The zero-order valence-corrected chi connectivity index (χ0v) is 17.8. The Morgan fingerprint density at radius 2 is 1.55 bits per heavy atom. The second-order valence-electron chi connectivity index (χ2n) is 7.38. The van der Waals surface area contributed by atoms with Crippen LogP contribution in [0.15, 0.2) is 53.4 Å². The number of rotatable bonds is 7. The van der Waals surface area contributed by atoms with Gasteiger partial charge in [0.15, 0.2) is 0 Å². The highest BCUT2D eigenvalue weighted by Gasteiger charge is 2.39. The van der Waals surface area contributed by atoms with Crippen molar-refractivity contribution >= 4 is 29.1 Å². The van der Waals surface area contributed by atoms with Crippen LogP contribution in [-0.2, 0) is 16.1 Å². The molecule has 1 heterocycles. The van der Waals surface area contributed by atoms with E-state index < -0.39 is 0 Å². The minimum absolute atomic E-state index is 0.0491. The van der Waals surface area contributed by atoms with E-state index in [1.807, 2.05) is 27.7 Å². The third-order valence-corrected chi connectivity index (χ3v) is 5.33. The number of benzene rings is 2. The maximum Gasteiger partial charge on any atom is 0.268 e. The monoisotopic (exact) mass is 413 g/mol. The highest BCUT2D eigenvalue weighted by Crippen LogP contribution is 2.38. The number of hydrogen-bond acceptors (Lipinski definition) is 4. The number of hydrogen-bond donors (Lipinski definition) is 0. The summed E-state index contributed by atoms with van der Waals surface area (Å²) in [6.07, 6.45) is 0.0491. The summed E-state index contributed by atoms with van der Waals surface area (Å²) in [5.74, 6) is -0.288. The van der Waals surface area contributed by atoms with Crippen LogP contribution in [0.2, 0.25) is 0 Å². The molecule has 152 valence electrons. The van der Waals surface area contributed by atoms with Crippen molar-refractivity contribution in [3.05, 3.63) is 70.4 Å². The fourth-order valence-corrected chi connectivity index (χ4v) is 4.05. The Bertz CT molecular complexity index is 934. The van der Waals surface area contributed by atoms with E-state index in [0.717, 1.165) is 0 Å². The van der Waals surface area contributed by atoms with Crippen molar-refractivity contribution in [2.75, 3.05) is 0 Å². The summed E-state index contributed by atoms with van der Waals surface area (Å²) in [4.78, 5) is 27.9. The molecular weight excluding hydrogens is 389 g/mol. The average Bonchev–Trinajstić information content (AvgIpc) is 2.88. The minimum atomic E-state index is -0.355. The lowest BCUT2D eigenvalue weighted by Gasteiger charge is -2.15. The number of halogens is 1. The third kappa shape index (κ3) is 4.88. The van der Waals surface area contributed by atoms with E-state index in [2.05, 4.69) is 0 Å². The molecule has 2 amide bonds. The largest absolute Gasteiger partial charge is 0.491 e. The van der Waals surface area contributed by atoms with Gasteiger partial charge in [0.1, 0.15) is 11.6 Å². The molecule has 6 heteroatoms. The first kappa shape index (κ1) is 21.1. The van der Waals surface area contributed by atoms with Gasteiger partial charge in [-0.1, -0.05) is 38.1 Å². The maximum absolute atomic E-state index is 13.2. The SMILES string of the molecule is CC(C)Oc1ccc(C2=C(SC(C)C)C(=O)N(Cc3ccc(F)cc3)C2=O)cc1. The van der Waals surface area contributed by atoms with E-state index in [4.69, 9.17) is 4.74 Å². The van der Waals surface area contributed by atoms with Crippen molar-refractivity contribution in [1.82, 2.24) is 4.90 Å². The van der Waals surface area contributed by atoms with Gasteiger partial charge >= 0.3 is 0 Å². The number of carbonyl (C=O) groups excluding carboxylic acids is 2. The van der Waals surface area contributed by atoms with Crippen molar-refractivity contribution in [3.8, 4) is 5.75 Å². The quantitative estimate of drug-likeness (QED) is 0.597. The Morgan fingerprint density at radius 1 is 0.931 bits per heavy atom. The van der Waals surface area contributed by atoms with Crippen LogP contribution in [0.25, 0.3) is 5.57 Å². The third-order valence-electron chi connectivity index (χ3n) is 4.25. The summed E-state index contributed by atoms with van der Waals surface area (Å²) < 4.78 is 18.9. The van der Waals surface area contributed by atoms with Crippen LogP contribution in [0, 0.1) is 5.82 Å². The van der Waals surface area contributed by atoms with E-state index >= 15 is 0 Å². The fourth-order valence-electron chi connectivity index (χ4n) is 3.04. The molecule has 1 aliphatic heterocycles. The zero-order chi connectivity index (χ0) is 21.1. The minimum Gasteiger partial charge on any atom is -0.491 e. The van der Waals surface area contributed by atoms with Gasteiger partial charge in [-0.3, -0.25) is 14.5 Å². The van der Waals surface area contributed by atoms with E-state index in [1.54, 1.807) is 36.4 Å². The van der Waals surface area contributed by atoms with Crippen LogP contribution in [0.4, 0.5) is 4.39 Å². The second kappa shape index (κ2) is 8.82. The topological polar surface area (TPSA) is 46.6 Å². The van der Waals surface area contributed by atoms with Crippen molar-refractivity contribution in [2.45, 2.75) is 45.6 Å². The standard InChI is InChI=1S/C23H24FNO3S/c1-14(2)28-19-11-7-17(8-12-19)20-21(29-15(3)4)23(27)25(22(20)26)13-16-5-9-18(24)10-6-16/h5-12,14-15H,13H2,1-4H3. The Labute approximate surface area is 174 Å². The molecule has 3 rings (SSSR count). The molecule has 0 atom stereocenters. The highest BCUT2D eigenvalue weighted by atomic mass is 32.2. The Kier molecular flexibility index (Phi) is 6.42. The van der Waals surface area contributed by atoms with Gasteiger partial charge in [-0.25, -0.2) is 4.39 Å². The molecule has 0 bridgehead atoms. The Morgan fingerprint density at radius 3 is 2.10 bits per heavy atom. The lowest BCUT2D eigenvalue weighted by molar-refractivity contribution is -0.137. The molecule has 0 fully saturated rings. The van der Waals surface area contributed by atoms with Crippen LogP contribution in [0.3, 0.4) is 0 Å². The molecule has 0 saturated heterocycles. The van der Waals surface area contributed by atoms with Gasteiger partial charge in [0.25, 0.3) is 11.8 Å². The molecule has 0 N–H and O–H groups in total. The number of carbonyl (C=O) groups is 2. The first-order chi connectivity index (χ1) is 13.8. The van der Waals surface area contributed by atoms with Crippen molar-refractivity contribution in [1.29, 1.82) is 0 Å². The summed E-state index contributed by atoms with van der Waals surface area (Å²) in [6, 6.07) is 13.0. The van der Waals surface area contributed by atoms with Gasteiger partial charge in [-0.2, -0.15) is 0 Å². The number of amides is 2. The maximum atomic E-state index is 13.2. The van der Waals surface area contributed by atoms with Gasteiger partial charge in [-0.15, -0.1) is 11.8 Å². The number of nitrogens with zero attached hydrogens (tertiary/aromatic N) is 1. The molecular formula is C23H24FNO3S. The van der Waals surface area contributed by atoms with E-state index in [0.29, 0.717) is 27.4 Å². The molecule has 2 aromatic rings. The number of ether oxygens (including phenoxy) is 1. The van der Waals surface area contributed by atoms with Gasteiger partial charge in [-0.05, 0) is 49.2 Å². The number of thioether (sulfide) groups is 1. The fraction of sp³-hybridized carbons (Fsp3) is 0.304. The Hall–Kier alpha value is -2.60. The van der Waals surface area contributed by atoms with Crippen molar-refractivity contribution in [2.24, 2.45) is 0 Å². The lowest BCUT2D eigenvalue weighted by Crippen LogP contribution is -2.31. The average molecular weight is 414 g/mol. The summed E-state index contributed by atoms with van der Waals surface area (Å²) in [7, 11) is 0. The summed E-state index contributed by atoms with van der Waals surface area (Å²) in [6.45, 7) is 7.96. The summed E-state index contributed by atoms with van der Waals surface area (Å²) >= 11 is 1.38. The molecule has 1 aliphatic rings. The van der Waals surface area contributed by atoms with Gasteiger partial charge in [0.05, 0.1) is 23.1 Å². The molecule has 4 nitrogen and oxygen atoms in total. The second-order valence-corrected chi connectivity index (χ2v) is 8.97. The van der Waals surface area contributed by atoms with E-state index in [-0.39, 0.29) is 35.5 Å². The molecule has 0 saturated carbocycles. The van der Waals surface area contributed by atoms with Gasteiger partial charge in [0.2, 0.25) is 0 Å². The summed E-state index contributed by atoms with van der Waals surface area (Å²) in [5, 5.41) is 0.145. The smallest absolute Gasteiger partial charge is 0.268 e. The first-order valence-electron chi connectivity index (χ1n) is 9.55. The molecule has 0 aromatic heterocycles. The molecule has 0 aliphatic carbocycles. The van der Waals surface area contributed by atoms with Crippen LogP contribution in [-0.4, -0.2) is 28.1 Å². The zero-order valence-electron chi connectivity index (χ0n) is 16.9. The predicted molar refractivity (Wildman–Crippen MR) is 114 cm³/mol. The molecule has 0 unspecified atom stereocenters. The van der Waals surface area contributed by atoms with Crippen LogP contribution < -0.4 is 4.74 Å². The van der Waals surface area contributed by atoms with Crippen LogP contribution >= 0.6 is 11.8 Å². The highest BCUT2D eigenvalue weighted by molar-refractivity contribution is 8.04. The normalized spacial score (nSPS) is 14.5. The predicted octanol–water partition coefficient (Wildman–Crippen LogP) is 5.03. The lowest BCUT2D eigenvalue weighted by atomic mass is 10.1. The van der Waals surface area contributed by atoms with E-state index in [9.17, 15) is 14.0 Å². The summed E-state index contributed by atoms with van der Waals surface area (Å²) in [5.41, 5.74) is 1.79.